The molecule has 0 atom stereocenters. The van der Waals surface area contributed by atoms with E-state index in [1.54, 1.807) is 0 Å². The number of rotatable bonds is 5. The Hall–Kier alpha value is -1.36. The molecule has 1 heterocycles. The van der Waals surface area contributed by atoms with Crippen molar-refractivity contribution in [2.24, 2.45) is 5.92 Å². The van der Waals surface area contributed by atoms with E-state index in [0.29, 0.717) is 19.0 Å². The Balaban J connectivity index is 1.51. The van der Waals surface area contributed by atoms with Crippen molar-refractivity contribution >= 4 is 17.7 Å². The van der Waals surface area contributed by atoms with Crippen molar-refractivity contribution in [2.75, 3.05) is 25.5 Å². The van der Waals surface area contributed by atoms with Gasteiger partial charge in [-0.1, -0.05) is 0 Å². The summed E-state index contributed by atoms with van der Waals surface area (Å²) in [5.74, 6) is 2.86. The van der Waals surface area contributed by atoms with Crippen molar-refractivity contribution < 1.29 is 14.3 Å². The molecule has 5 heteroatoms. The Kier molecular flexibility index (Phi) is 4.35. The van der Waals surface area contributed by atoms with E-state index in [1.165, 1.54) is 24.6 Å². The summed E-state index contributed by atoms with van der Waals surface area (Å²) in [6.07, 6.45) is 3.42. The highest BCUT2D eigenvalue weighted by molar-refractivity contribution is 8.00. The summed E-state index contributed by atoms with van der Waals surface area (Å²) >= 11 is 1.53. The predicted molar refractivity (Wildman–Crippen MR) is 78.5 cm³/mol. The third-order valence-electron chi connectivity index (χ3n) is 3.37. The van der Waals surface area contributed by atoms with Gasteiger partial charge in [0.05, 0.1) is 19.0 Å². The van der Waals surface area contributed by atoms with E-state index in [0.717, 1.165) is 35.3 Å². The summed E-state index contributed by atoms with van der Waals surface area (Å²) < 4.78 is 11.2. The van der Waals surface area contributed by atoms with Crippen LogP contribution in [0, 0.1) is 5.92 Å². The first-order valence-electron chi connectivity index (χ1n) is 7.10. The number of carbonyl (C=O) groups excluding carboxylic acids is 1. The quantitative estimate of drug-likeness (QED) is 0.847. The third kappa shape index (κ3) is 3.82. The molecule has 1 N–H and O–H groups in total. The van der Waals surface area contributed by atoms with Crippen molar-refractivity contribution in [3.05, 3.63) is 18.2 Å². The van der Waals surface area contributed by atoms with E-state index in [1.807, 2.05) is 18.2 Å². The van der Waals surface area contributed by atoms with Gasteiger partial charge in [0.15, 0.2) is 11.5 Å². The Morgan fingerprint density at radius 3 is 2.85 bits per heavy atom. The van der Waals surface area contributed by atoms with Crippen LogP contribution in [0.1, 0.15) is 19.3 Å². The zero-order chi connectivity index (χ0) is 13.8. The second kappa shape index (κ2) is 6.39. The molecule has 1 aromatic carbocycles. The monoisotopic (exact) mass is 293 g/mol. The summed E-state index contributed by atoms with van der Waals surface area (Å²) in [6, 6.07) is 5.86. The zero-order valence-corrected chi connectivity index (χ0v) is 12.2. The van der Waals surface area contributed by atoms with Gasteiger partial charge < -0.3 is 14.8 Å². The van der Waals surface area contributed by atoms with E-state index in [2.05, 4.69) is 5.32 Å². The Morgan fingerprint density at radius 2 is 2.05 bits per heavy atom. The van der Waals surface area contributed by atoms with Gasteiger partial charge in [0.1, 0.15) is 0 Å². The molecule has 2 aliphatic rings. The summed E-state index contributed by atoms with van der Waals surface area (Å²) in [4.78, 5) is 12.7. The lowest BCUT2D eigenvalue weighted by atomic mass is 10.3. The van der Waals surface area contributed by atoms with Gasteiger partial charge in [-0.2, -0.15) is 0 Å². The van der Waals surface area contributed by atoms with E-state index in [9.17, 15) is 4.79 Å². The molecule has 1 aliphatic heterocycles. The molecule has 0 aromatic heterocycles. The minimum Gasteiger partial charge on any atom is -0.490 e. The van der Waals surface area contributed by atoms with Crippen LogP contribution in [-0.2, 0) is 4.79 Å². The average molecular weight is 293 g/mol. The second-order valence-electron chi connectivity index (χ2n) is 5.20. The zero-order valence-electron chi connectivity index (χ0n) is 11.4. The van der Waals surface area contributed by atoms with Crippen LogP contribution in [0.3, 0.4) is 0 Å². The van der Waals surface area contributed by atoms with Crippen molar-refractivity contribution in [3.63, 3.8) is 0 Å². The first-order chi connectivity index (χ1) is 9.81. The van der Waals surface area contributed by atoms with Crippen LogP contribution in [0.2, 0.25) is 0 Å². The number of carbonyl (C=O) groups is 1. The smallest absolute Gasteiger partial charge is 0.230 e. The van der Waals surface area contributed by atoms with Crippen LogP contribution in [0.15, 0.2) is 23.1 Å². The first kappa shape index (κ1) is 13.6. The topological polar surface area (TPSA) is 47.6 Å². The summed E-state index contributed by atoms with van der Waals surface area (Å²) in [5.41, 5.74) is 0. The largest absolute Gasteiger partial charge is 0.490 e. The average Bonchev–Trinajstić information content (AvgIpc) is 3.29. The van der Waals surface area contributed by atoms with E-state index < -0.39 is 0 Å². The van der Waals surface area contributed by atoms with Gasteiger partial charge in [-0.25, -0.2) is 0 Å². The maximum Gasteiger partial charge on any atom is 0.230 e. The molecule has 3 rings (SSSR count). The van der Waals surface area contributed by atoms with Gasteiger partial charge in [0, 0.05) is 17.9 Å². The fourth-order valence-corrected chi connectivity index (χ4v) is 2.77. The fraction of sp³-hybridized carbons (Fsp3) is 0.533. The van der Waals surface area contributed by atoms with Crippen molar-refractivity contribution in [3.8, 4) is 11.5 Å². The Bertz CT molecular complexity index is 488. The molecule has 0 bridgehead atoms. The number of benzene rings is 1. The molecule has 1 saturated carbocycles. The van der Waals surface area contributed by atoms with Crippen LogP contribution >= 0.6 is 11.8 Å². The number of hydrogen-bond acceptors (Lipinski definition) is 4. The van der Waals surface area contributed by atoms with Gasteiger partial charge >= 0.3 is 0 Å². The van der Waals surface area contributed by atoms with Gasteiger partial charge in [-0.3, -0.25) is 4.79 Å². The molecule has 0 radical (unpaired) electrons. The first-order valence-corrected chi connectivity index (χ1v) is 8.09. The molecule has 4 nitrogen and oxygen atoms in total. The molecule has 1 aliphatic carbocycles. The predicted octanol–water partition coefficient (Wildman–Crippen LogP) is 2.47. The molecule has 20 heavy (non-hydrogen) atoms. The lowest BCUT2D eigenvalue weighted by Crippen LogP contribution is -2.27. The number of fused-ring (bicyclic) bond motifs is 1. The summed E-state index contributed by atoms with van der Waals surface area (Å²) in [5, 5.41) is 2.97. The van der Waals surface area contributed by atoms with Gasteiger partial charge in [-0.15, -0.1) is 11.8 Å². The summed E-state index contributed by atoms with van der Waals surface area (Å²) in [7, 11) is 0. The highest BCUT2D eigenvalue weighted by Gasteiger charge is 2.21. The van der Waals surface area contributed by atoms with Crippen LogP contribution < -0.4 is 14.8 Å². The lowest BCUT2D eigenvalue weighted by Gasteiger charge is -2.09. The lowest BCUT2D eigenvalue weighted by molar-refractivity contribution is -0.118. The second-order valence-corrected chi connectivity index (χ2v) is 6.24. The number of ether oxygens (including phenoxy) is 2. The maximum atomic E-state index is 11.7. The number of thioether (sulfide) groups is 1. The van der Waals surface area contributed by atoms with Crippen LogP contribution in [0.25, 0.3) is 0 Å². The molecule has 0 spiro atoms. The van der Waals surface area contributed by atoms with Gasteiger partial charge in [-0.05, 0) is 37.0 Å². The van der Waals surface area contributed by atoms with Crippen LogP contribution in [0.5, 0.6) is 11.5 Å². The normalized spacial score (nSPS) is 17.4. The van der Waals surface area contributed by atoms with E-state index in [-0.39, 0.29) is 5.91 Å². The minimum atomic E-state index is 0.106. The summed E-state index contributed by atoms with van der Waals surface area (Å²) in [6.45, 7) is 2.21. The van der Waals surface area contributed by atoms with E-state index >= 15 is 0 Å². The molecule has 1 aromatic rings. The molecule has 108 valence electrons. The van der Waals surface area contributed by atoms with Crippen molar-refractivity contribution in [2.45, 2.75) is 24.2 Å². The Labute approximate surface area is 123 Å². The molecule has 1 amide bonds. The molecular weight excluding hydrogens is 274 g/mol. The fourth-order valence-electron chi connectivity index (χ4n) is 2.01. The van der Waals surface area contributed by atoms with Gasteiger partial charge in [0.2, 0.25) is 5.91 Å². The SMILES string of the molecule is O=C(CSc1ccc2c(c1)OCCCO2)NCC1CC1. The van der Waals surface area contributed by atoms with Crippen molar-refractivity contribution in [1.82, 2.24) is 5.32 Å². The maximum absolute atomic E-state index is 11.7. The van der Waals surface area contributed by atoms with E-state index in [4.69, 9.17) is 9.47 Å². The highest BCUT2D eigenvalue weighted by Crippen LogP contribution is 2.33. The number of amides is 1. The molecule has 0 unspecified atom stereocenters. The third-order valence-corrected chi connectivity index (χ3v) is 4.37. The number of hydrogen-bond donors (Lipinski definition) is 1. The molecular formula is C15H19NO3S. The molecule has 1 fully saturated rings. The highest BCUT2D eigenvalue weighted by atomic mass is 32.2. The van der Waals surface area contributed by atoms with Crippen LogP contribution in [-0.4, -0.2) is 31.4 Å². The van der Waals surface area contributed by atoms with Crippen LogP contribution in [0.4, 0.5) is 0 Å². The molecule has 0 saturated heterocycles. The number of nitrogens with one attached hydrogen (secondary N) is 1. The standard InChI is InChI=1S/C15H19NO3S/c17-15(16-9-11-2-3-11)10-20-12-4-5-13-14(8-12)19-7-1-6-18-13/h4-5,8,11H,1-3,6-7,9-10H2,(H,16,17). The van der Waals surface area contributed by atoms with Gasteiger partial charge in [0.25, 0.3) is 0 Å². The van der Waals surface area contributed by atoms with Crippen molar-refractivity contribution in [1.29, 1.82) is 0 Å². The Morgan fingerprint density at radius 1 is 1.25 bits per heavy atom. The minimum absolute atomic E-state index is 0.106.